The van der Waals surface area contributed by atoms with Crippen molar-refractivity contribution in [3.63, 3.8) is 0 Å². The molecule has 1 N–H and O–H groups in total. The molecule has 0 spiro atoms. The second-order valence-electron chi connectivity index (χ2n) is 8.01. The Bertz CT molecular complexity index is 1330. The number of para-hydroxylation sites is 2. The number of ether oxygens (including phenoxy) is 2. The first-order chi connectivity index (χ1) is 16.5. The van der Waals surface area contributed by atoms with E-state index in [1.54, 1.807) is 10.6 Å². The van der Waals surface area contributed by atoms with E-state index in [2.05, 4.69) is 10.2 Å². The molecule has 0 unspecified atom stereocenters. The Morgan fingerprint density at radius 1 is 0.971 bits per heavy atom. The highest BCUT2D eigenvalue weighted by molar-refractivity contribution is 5.95. The van der Waals surface area contributed by atoms with Gasteiger partial charge in [0.25, 0.3) is 0 Å². The molecule has 0 aliphatic rings. The Morgan fingerprint density at radius 3 is 2.59 bits per heavy atom. The maximum atomic E-state index is 12.2. The third-order valence-electron chi connectivity index (χ3n) is 5.41. The van der Waals surface area contributed by atoms with Gasteiger partial charge in [0.2, 0.25) is 5.88 Å². The van der Waals surface area contributed by atoms with Crippen molar-refractivity contribution < 1.29 is 19.4 Å². The van der Waals surface area contributed by atoms with Crippen LogP contribution in [-0.2, 0) is 11.3 Å². The Morgan fingerprint density at radius 2 is 1.76 bits per heavy atom. The number of carbonyl (C=O) groups excluding carboxylic acids is 1. The summed E-state index contributed by atoms with van der Waals surface area (Å²) in [6.45, 7) is 4.75. The predicted molar refractivity (Wildman–Crippen MR) is 131 cm³/mol. The van der Waals surface area contributed by atoms with Crippen molar-refractivity contribution in [2.45, 2.75) is 26.8 Å². The Hall–Kier alpha value is -4.13. The molecule has 7 nitrogen and oxygen atoms in total. The molecule has 0 aliphatic heterocycles. The number of amides is 1. The van der Waals surface area contributed by atoms with E-state index >= 15 is 0 Å². The van der Waals surface area contributed by atoms with Crippen LogP contribution in [0.25, 0.3) is 10.9 Å². The molecular formula is C27H27N3O4. The molecule has 1 amide bonds. The lowest BCUT2D eigenvalue weighted by molar-refractivity contribution is -0.120. The van der Waals surface area contributed by atoms with E-state index in [-0.39, 0.29) is 18.2 Å². The van der Waals surface area contributed by atoms with Crippen LogP contribution in [0.3, 0.4) is 0 Å². The highest BCUT2D eigenvalue weighted by Crippen LogP contribution is 2.39. The second-order valence-corrected chi connectivity index (χ2v) is 8.01. The van der Waals surface area contributed by atoms with Crippen LogP contribution in [0.5, 0.6) is 17.4 Å². The first kappa shape index (κ1) is 23.0. The van der Waals surface area contributed by atoms with E-state index in [0.717, 1.165) is 27.8 Å². The standard InChI is InChI=1S/C27H27N3O4/c1-19-9-7-11-21(17-19)34-18-25(31)28-29-26-22-12-4-5-13-23(22)30(27(26)32)15-8-16-33-24-14-6-3-10-20(24)2/h3-7,9-14,17,32H,8,15-16,18H2,1-2H3. The van der Waals surface area contributed by atoms with Gasteiger partial charge in [-0.2, -0.15) is 0 Å². The summed E-state index contributed by atoms with van der Waals surface area (Å²) in [5.41, 5.74) is 3.19. The minimum atomic E-state index is -0.538. The predicted octanol–water partition coefficient (Wildman–Crippen LogP) is 6.12. The molecule has 4 rings (SSSR count). The van der Waals surface area contributed by atoms with Crippen molar-refractivity contribution >= 4 is 22.5 Å². The van der Waals surface area contributed by atoms with Crippen LogP contribution in [-0.4, -0.2) is 28.8 Å². The van der Waals surface area contributed by atoms with Crippen LogP contribution in [0.2, 0.25) is 0 Å². The first-order valence-electron chi connectivity index (χ1n) is 11.2. The van der Waals surface area contributed by atoms with Crippen LogP contribution in [0.4, 0.5) is 5.69 Å². The van der Waals surface area contributed by atoms with E-state index in [1.807, 2.05) is 80.6 Å². The number of nitrogens with zero attached hydrogens (tertiary/aromatic N) is 3. The fourth-order valence-electron chi connectivity index (χ4n) is 3.70. The van der Waals surface area contributed by atoms with Crippen molar-refractivity contribution in [3.8, 4) is 17.4 Å². The van der Waals surface area contributed by atoms with Crippen LogP contribution in [0, 0.1) is 13.8 Å². The zero-order valence-corrected chi connectivity index (χ0v) is 19.3. The van der Waals surface area contributed by atoms with Gasteiger partial charge in [0.15, 0.2) is 12.3 Å². The summed E-state index contributed by atoms with van der Waals surface area (Å²) in [5, 5.41) is 19.4. The van der Waals surface area contributed by atoms with E-state index in [1.165, 1.54) is 0 Å². The van der Waals surface area contributed by atoms with Crippen molar-refractivity contribution in [2.75, 3.05) is 13.2 Å². The molecule has 1 heterocycles. The fourth-order valence-corrected chi connectivity index (χ4v) is 3.70. The number of hydrogen-bond acceptors (Lipinski definition) is 5. The highest BCUT2D eigenvalue weighted by atomic mass is 16.5. The molecule has 174 valence electrons. The first-order valence-corrected chi connectivity index (χ1v) is 11.2. The number of aromatic nitrogens is 1. The molecule has 0 bridgehead atoms. The van der Waals surface area contributed by atoms with Crippen LogP contribution < -0.4 is 9.47 Å². The summed E-state index contributed by atoms with van der Waals surface area (Å²) in [5.74, 6) is 0.874. The number of carbonyl (C=O) groups is 1. The zero-order valence-electron chi connectivity index (χ0n) is 19.3. The molecular weight excluding hydrogens is 430 g/mol. The van der Waals surface area contributed by atoms with Crippen LogP contribution >= 0.6 is 0 Å². The summed E-state index contributed by atoms with van der Waals surface area (Å²) < 4.78 is 13.1. The topological polar surface area (TPSA) is 85.4 Å². The maximum absolute atomic E-state index is 12.2. The Balaban J connectivity index is 1.43. The lowest BCUT2D eigenvalue weighted by Crippen LogP contribution is -2.07. The van der Waals surface area contributed by atoms with E-state index in [9.17, 15) is 9.90 Å². The van der Waals surface area contributed by atoms with Gasteiger partial charge in [-0.15, -0.1) is 10.2 Å². The molecule has 0 atom stereocenters. The summed E-state index contributed by atoms with van der Waals surface area (Å²) in [4.78, 5) is 12.2. The average molecular weight is 458 g/mol. The largest absolute Gasteiger partial charge is 0.493 e. The van der Waals surface area contributed by atoms with Gasteiger partial charge in [0, 0.05) is 11.9 Å². The van der Waals surface area contributed by atoms with Gasteiger partial charge in [-0.3, -0.25) is 4.79 Å². The zero-order chi connectivity index (χ0) is 23.9. The molecule has 0 saturated carbocycles. The third kappa shape index (κ3) is 5.43. The van der Waals surface area contributed by atoms with Gasteiger partial charge in [-0.1, -0.05) is 48.5 Å². The summed E-state index contributed by atoms with van der Waals surface area (Å²) >= 11 is 0. The van der Waals surface area contributed by atoms with Crippen LogP contribution in [0.15, 0.2) is 83.0 Å². The summed E-state index contributed by atoms with van der Waals surface area (Å²) in [6, 6.07) is 22.8. The number of hydrogen-bond donors (Lipinski definition) is 1. The number of fused-ring (bicyclic) bond motifs is 1. The van der Waals surface area contributed by atoms with Crippen LogP contribution in [0.1, 0.15) is 17.5 Å². The molecule has 0 radical (unpaired) electrons. The number of benzene rings is 3. The Kier molecular flexibility index (Phi) is 7.22. The average Bonchev–Trinajstić information content (AvgIpc) is 3.11. The lowest BCUT2D eigenvalue weighted by Gasteiger charge is -2.10. The van der Waals surface area contributed by atoms with Gasteiger partial charge in [0.1, 0.15) is 11.5 Å². The molecule has 0 fully saturated rings. The third-order valence-corrected chi connectivity index (χ3v) is 5.41. The molecule has 34 heavy (non-hydrogen) atoms. The molecule has 4 aromatic rings. The van der Waals surface area contributed by atoms with Crippen molar-refractivity contribution in [3.05, 3.63) is 83.9 Å². The SMILES string of the molecule is Cc1cccc(OCC(=O)N=Nc2c(O)n(CCCOc3ccccc3C)c3ccccc23)c1. The van der Waals surface area contributed by atoms with Gasteiger partial charge in [-0.25, -0.2) is 0 Å². The number of rotatable bonds is 9. The minimum absolute atomic E-state index is 0.0340. The lowest BCUT2D eigenvalue weighted by atomic mass is 10.2. The second kappa shape index (κ2) is 10.7. The maximum Gasteiger partial charge on any atom is 0.302 e. The Labute approximate surface area is 198 Å². The van der Waals surface area contributed by atoms with Gasteiger partial charge < -0.3 is 19.1 Å². The van der Waals surface area contributed by atoms with E-state index in [4.69, 9.17) is 9.47 Å². The monoisotopic (exact) mass is 457 g/mol. The number of azo groups is 1. The van der Waals surface area contributed by atoms with E-state index < -0.39 is 5.91 Å². The van der Waals surface area contributed by atoms with Gasteiger partial charge in [-0.05, 0) is 55.7 Å². The normalized spacial score (nSPS) is 11.2. The smallest absolute Gasteiger partial charge is 0.302 e. The number of aromatic hydroxyl groups is 1. The molecule has 0 saturated heterocycles. The van der Waals surface area contributed by atoms with Crippen molar-refractivity contribution in [2.24, 2.45) is 10.2 Å². The molecule has 0 aliphatic carbocycles. The molecule has 1 aromatic heterocycles. The van der Waals surface area contributed by atoms with Gasteiger partial charge >= 0.3 is 5.91 Å². The van der Waals surface area contributed by atoms with E-state index in [0.29, 0.717) is 25.3 Å². The summed E-state index contributed by atoms with van der Waals surface area (Å²) in [7, 11) is 0. The van der Waals surface area contributed by atoms with Gasteiger partial charge in [0.05, 0.1) is 12.1 Å². The fraction of sp³-hybridized carbons (Fsp3) is 0.222. The summed E-state index contributed by atoms with van der Waals surface area (Å²) in [6.07, 6.45) is 0.681. The number of aryl methyl sites for hydroxylation is 3. The molecule has 3 aromatic carbocycles. The van der Waals surface area contributed by atoms with Crippen molar-refractivity contribution in [1.29, 1.82) is 0 Å². The van der Waals surface area contributed by atoms with Crippen molar-refractivity contribution in [1.82, 2.24) is 4.57 Å². The minimum Gasteiger partial charge on any atom is -0.493 e. The molecule has 7 heteroatoms. The quantitative estimate of drug-likeness (QED) is 0.242. The highest BCUT2D eigenvalue weighted by Gasteiger charge is 2.16.